The van der Waals surface area contributed by atoms with Gasteiger partial charge in [-0.3, -0.25) is 0 Å². The first-order valence-electron chi connectivity index (χ1n) is 6.28. The molecule has 0 bridgehead atoms. The highest BCUT2D eigenvalue weighted by Gasteiger charge is 2.29. The van der Waals surface area contributed by atoms with E-state index in [1.807, 2.05) is 18.0 Å². The van der Waals surface area contributed by atoms with Gasteiger partial charge in [-0.15, -0.1) is 11.8 Å². The van der Waals surface area contributed by atoms with Gasteiger partial charge in [-0.05, 0) is 36.7 Å². The summed E-state index contributed by atoms with van der Waals surface area (Å²) in [5, 5.41) is 3.47. The maximum absolute atomic E-state index is 5.16. The molecule has 0 aliphatic carbocycles. The quantitative estimate of drug-likeness (QED) is 0.912. The number of likely N-dealkylation sites (N-methyl/N-ethyl adjacent to an activating group) is 1. The van der Waals surface area contributed by atoms with Crippen LogP contribution in [0.15, 0.2) is 52.2 Å². The summed E-state index contributed by atoms with van der Waals surface area (Å²) < 4.78 is 5.16. The normalized spacial score (nSPS) is 19.7. The highest BCUT2D eigenvalue weighted by Crippen LogP contribution is 2.41. The number of nitrogens with one attached hydrogen (secondary N) is 1. The largest absolute Gasteiger partial charge is 0.472 e. The Kier molecular flexibility index (Phi) is 3.43. The van der Waals surface area contributed by atoms with Crippen LogP contribution in [0.5, 0.6) is 0 Å². The van der Waals surface area contributed by atoms with Crippen molar-refractivity contribution in [3.63, 3.8) is 0 Å². The maximum Gasteiger partial charge on any atom is 0.0935 e. The Morgan fingerprint density at radius 1 is 1.39 bits per heavy atom. The Morgan fingerprint density at radius 2 is 2.28 bits per heavy atom. The molecule has 0 amide bonds. The van der Waals surface area contributed by atoms with Gasteiger partial charge in [0, 0.05) is 22.6 Å². The Morgan fingerprint density at radius 3 is 3.06 bits per heavy atom. The van der Waals surface area contributed by atoms with E-state index in [0.717, 1.165) is 6.42 Å². The van der Waals surface area contributed by atoms with Gasteiger partial charge in [0.1, 0.15) is 0 Å². The summed E-state index contributed by atoms with van der Waals surface area (Å²) in [6.45, 7) is 0. The van der Waals surface area contributed by atoms with Crippen molar-refractivity contribution in [1.29, 1.82) is 0 Å². The summed E-state index contributed by atoms with van der Waals surface area (Å²) in [5.74, 6) is 1.76. The van der Waals surface area contributed by atoms with E-state index >= 15 is 0 Å². The Hall–Kier alpha value is -1.19. The zero-order valence-corrected chi connectivity index (χ0v) is 11.2. The van der Waals surface area contributed by atoms with Crippen molar-refractivity contribution in [3.05, 3.63) is 54.0 Å². The Balaban J connectivity index is 1.81. The van der Waals surface area contributed by atoms with E-state index in [1.54, 1.807) is 6.26 Å². The van der Waals surface area contributed by atoms with Crippen LogP contribution in [0.4, 0.5) is 0 Å². The maximum atomic E-state index is 5.16. The molecule has 0 fully saturated rings. The topological polar surface area (TPSA) is 25.2 Å². The molecule has 0 spiro atoms. The van der Waals surface area contributed by atoms with Crippen LogP contribution in [0.1, 0.15) is 17.0 Å². The van der Waals surface area contributed by atoms with Crippen molar-refractivity contribution in [2.75, 3.05) is 12.8 Å². The van der Waals surface area contributed by atoms with Crippen LogP contribution in [0, 0.1) is 0 Å². The van der Waals surface area contributed by atoms with Crippen molar-refractivity contribution < 1.29 is 4.42 Å². The summed E-state index contributed by atoms with van der Waals surface area (Å²) in [7, 11) is 2.05. The molecule has 3 heteroatoms. The van der Waals surface area contributed by atoms with Crippen LogP contribution in [0.3, 0.4) is 0 Å². The number of furan rings is 1. The van der Waals surface area contributed by atoms with Crippen molar-refractivity contribution >= 4 is 11.8 Å². The van der Waals surface area contributed by atoms with Gasteiger partial charge in [-0.25, -0.2) is 0 Å². The van der Waals surface area contributed by atoms with Crippen LogP contribution < -0.4 is 5.32 Å². The summed E-state index contributed by atoms with van der Waals surface area (Å²) in [6.07, 6.45) is 4.62. The predicted molar refractivity (Wildman–Crippen MR) is 75.2 cm³/mol. The van der Waals surface area contributed by atoms with Crippen LogP contribution >= 0.6 is 11.8 Å². The average Bonchev–Trinajstić information content (AvgIpc) is 3.05. The van der Waals surface area contributed by atoms with Crippen LogP contribution in [0.25, 0.3) is 0 Å². The molecular formula is C15H17NOS. The van der Waals surface area contributed by atoms with E-state index in [2.05, 4.69) is 42.7 Å². The molecule has 2 aromatic rings. The van der Waals surface area contributed by atoms with Gasteiger partial charge in [0.2, 0.25) is 0 Å². The lowest BCUT2D eigenvalue weighted by atomic mass is 9.90. The van der Waals surface area contributed by atoms with Crippen molar-refractivity contribution in [1.82, 2.24) is 5.32 Å². The lowest BCUT2D eigenvalue weighted by molar-refractivity contribution is 0.484. The zero-order valence-electron chi connectivity index (χ0n) is 10.4. The summed E-state index contributed by atoms with van der Waals surface area (Å²) >= 11 is 1.97. The van der Waals surface area contributed by atoms with E-state index in [0.29, 0.717) is 12.0 Å². The SMILES string of the molecule is CNC(Cc1ccoc1)C1CSc2ccccc21. The van der Waals surface area contributed by atoms with Gasteiger partial charge in [0.25, 0.3) is 0 Å². The highest BCUT2D eigenvalue weighted by molar-refractivity contribution is 7.99. The monoisotopic (exact) mass is 259 g/mol. The number of hydrogen-bond donors (Lipinski definition) is 1. The fourth-order valence-electron chi connectivity index (χ4n) is 2.63. The third kappa shape index (κ3) is 2.20. The molecule has 0 radical (unpaired) electrons. The molecule has 3 rings (SSSR count). The molecule has 2 atom stereocenters. The second-order valence-electron chi connectivity index (χ2n) is 4.69. The van der Waals surface area contributed by atoms with E-state index in [1.165, 1.54) is 21.8 Å². The molecule has 1 aliphatic rings. The average molecular weight is 259 g/mol. The molecule has 1 aromatic heterocycles. The standard InChI is InChI=1S/C15H17NOS/c1-16-14(8-11-6-7-17-9-11)13-10-18-15-5-3-2-4-12(13)15/h2-7,9,13-14,16H,8,10H2,1H3. The minimum atomic E-state index is 0.471. The van der Waals surface area contributed by atoms with Crippen molar-refractivity contribution in [3.8, 4) is 0 Å². The Labute approximate surface area is 112 Å². The number of benzene rings is 1. The summed E-state index contributed by atoms with van der Waals surface area (Å²) in [4.78, 5) is 1.44. The summed E-state index contributed by atoms with van der Waals surface area (Å²) in [6, 6.07) is 11.3. The molecular weight excluding hydrogens is 242 g/mol. The van der Waals surface area contributed by atoms with Gasteiger partial charge in [-0.2, -0.15) is 0 Å². The lowest BCUT2D eigenvalue weighted by Crippen LogP contribution is -2.34. The Bertz CT molecular complexity index is 509. The van der Waals surface area contributed by atoms with Gasteiger partial charge in [0.05, 0.1) is 12.5 Å². The minimum Gasteiger partial charge on any atom is -0.472 e. The first-order chi connectivity index (χ1) is 8.88. The number of hydrogen-bond acceptors (Lipinski definition) is 3. The second kappa shape index (κ2) is 5.21. The molecule has 0 saturated heterocycles. The highest BCUT2D eigenvalue weighted by atomic mass is 32.2. The third-order valence-electron chi connectivity index (χ3n) is 3.63. The lowest BCUT2D eigenvalue weighted by Gasteiger charge is -2.23. The van der Waals surface area contributed by atoms with Gasteiger partial charge in [-0.1, -0.05) is 18.2 Å². The molecule has 2 nitrogen and oxygen atoms in total. The van der Waals surface area contributed by atoms with Gasteiger partial charge >= 0.3 is 0 Å². The smallest absolute Gasteiger partial charge is 0.0935 e. The van der Waals surface area contributed by atoms with E-state index in [9.17, 15) is 0 Å². The van der Waals surface area contributed by atoms with E-state index in [-0.39, 0.29) is 0 Å². The fraction of sp³-hybridized carbons (Fsp3) is 0.333. The molecule has 1 aromatic carbocycles. The fourth-order valence-corrected chi connectivity index (χ4v) is 3.96. The van der Waals surface area contributed by atoms with Crippen LogP contribution in [-0.2, 0) is 6.42 Å². The minimum absolute atomic E-state index is 0.471. The van der Waals surface area contributed by atoms with E-state index in [4.69, 9.17) is 4.42 Å². The molecule has 1 N–H and O–H groups in total. The summed E-state index contributed by atoms with van der Waals surface area (Å²) in [5.41, 5.74) is 2.76. The van der Waals surface area contributed by atoms with Crippen LogP contribution in [-0.4, -0.2) is 18.8 Å². The van der Waals surface area contributed by atoms with Crippen molar-refractivity contribution in [2.45, 2.75) is 23.3 Å². The molecule has 2 unspecified atom stereocenters. The van der Waals surface area contributed by atoms with Crippen LogP contribution in [0.2, 0.25) is 0 Å². The number of fused-ring (bicyclic) bond motifs is 1. The third-order valence-corrected chi connectivity index (χ3v) is 4.84. The van der Waals surface area contributed by atoms with E-state index < -0.39 is 0 Å². The molecule has 94 valence electrons. The molecule has 2 heterocycles. The predicted octanol–water partition coefficient (Wildman–Crippen LogP) is 3.30. The molecule has 1 aliphatic heterocycles. The second-order valence-corrected chi connectivity index (χ2v) is 5.75. The first-order valence-corrected chi connectivity index (χ1v) is 7.27. The van der Waals surface area contributed by atoms with Gasteiger partial charge < -0.3 is 9.73 Å². The van der Waals surface area contributed by atoms with Gasteiger partial charge in [0.15, 0.2) is 0 Å². The molecule has 0 saturated carbocycles. The number of thioether (sulfide) groups is 1. The molecule has 18 heavy (non-hydrogen) atoms. The zero-order chi connectivity index (χ0) is 12.4. The first kappa shape index (κ1) is 11.9. The van der Waals surface area contributed by atoms with Crippen molar-refractivity contribution in [2.24, 2.45) is 0 Å². The number of rotatable bonds is 4.